The summed E-state index contributed by atoms with van der Waals surface area (Å²) in [6.45, 7) is 3.14. The highest BCUT2D eigenvalue weighted by molar-refractivity contribution is 5.76. The maximum atomic E-state index is 12.1. The van der Waals surface area contributed by atoms with E-state index in [1.807, 2.05) is 30.3 Å². The Bertz CT molecular complexity index is 766. The SMILES string of the molecule is Cn1cc(CNCCC(=O)N2CCCC2)c(-c2ccc(C#N)cc2)n1. The summed E-state index contributed by atoms with van der Waals surface area (Å²) in [4.78, 5) is 14.0. The third-order valence-corrected chi connectivity index (χ3v) is 4.48. The Morgan fingerprint density at radius 3 is 2.68 bits per heavy atom. The van der Waals surface area contributed by atoms with Crippen molar-refractivity contribution in [3.63, 3.8) is 0 Å². The van der Waals surface area contributed by atoms with Crippen LogP contribution in [0, 0.1) is 11.3 Å². The zero-order chi connectivity index (χ0) is 17.6. The van der Waals surface area contributed by atoms with Crippen LogP contribution in [-0.2, 0) is 18.4 Å². The van der Waals surface area contributed by atoms with Gasteiger partial charge in [0.25, 0.3) is 0 Å². The van der Waals surface area contributed by atoms with Gasteiger partial charge in [-0.15, -0.1) is 0 Å². The molecule has 6 heteroatoms. The second-order valence-electron chi connectivity index (χ2n) is 6.38. The molecule has 25 heavy (non-hydrogen) atoms. The molecule has 1 aromatic heterocycles. The lowest BCUT2D eigenvalue weighted by molar-refractivity contribution is -0.130. The number of amides is 1. The molecule has 1 aromatic carbocycles. The van der Waals surface area contributed by atoms with E-state index in [9.17, 15) is 4.79 Å². The number of nitrogens with one attached hydrogen (secondary N) is 1. The van der Waals surface area contributed by atoms with Gasteiger partial charge in [0.05, 0.1) is 17.3 Å². The lowest BCUT2D eigenvalue weighted by Crippen LogP contribution is -2.30. The first kappa shape index (κ1) is 17.2. The summed E-state index contributed by atoms with van der Waals surface area (Å²) in [5.41, 5.74) is 3.62. The van der Waals surface area contributed by atoms with E-state index in [0.717, 1.165) is 42.8 Å². The summed E-state index contributed by atoms with van der Waals surface area (Å²) in [6, 6.07) is 9.57. The van der Waals surface area contributed by atoms with Crippen LogP contribution >= 0.6 is 0 Å². The van der Waals surface area contributed by atoms with Gasteiger partial charge in [0.15, 0.2) is 0 Å². The third-order valence-electron chi connectivity index (χ3n) is 4.48. The molecule has 0 spiro atoms. The van der Waals surface area contributed by atoms with Crippen LogP contribution in [0.2, 0.25) is 0 Å². The van der Waals surface area contributed by atoms with Gasteiger partial charge in [-0.1, -0.05) is 12.1 Å². The lowest BCUT2D eigenvalue weighted by atomic mass is 10.1. The van der Waals surface area contributed by atoms with Crippen LogP contribution in [-0.4, -0.2) is 40.2 Å². The molecule has 6 nitrogen and oxygen atoms in total. The first-order valence-corrected chi connectivity index (χ1v) is 8.69. The second-order valence-corrected chi connectivity index (χ2v) is 6.38. The highest BCUT2D eigenvalue weighted by Crippen LogP contribution is 2.22. The number of nitrogens with zero attached hydrogens (tertiary/aromatic N) is 4. The van der Waals surface area contributed by atoms with Gasteiger partial charge in [-0.3, -0.25) is 9.48 Å². The van der Waals surface area contributed by atoms with Crippen LogP contribution in [0.3, 0.4) is 0 Å². The van der Waals surface area contributed by atoms with Crippen LogP contribution < -0.4 is 5.32 Å². The summed E-state index contributed by atoms with van der Waals surface area (Å²) >= 11 is 0. The van der Waals surface area contributed by atoms with Crippen molar-refractivity contribution in [2.45, 2.75) is 25.8 Å². The molecule has 0 saturated carbocycles. The summed E-state index contributed by atoms with van der Waals surface area (Å²) in [5, 5.41) is 16.8. The van der Waals surface area contributed by atoms with E-state index >= 15 is 0 Å². The van der Waals surface area contributed by atoms with Crippen molar-refractivity contribution < 1.29 is 4.79 Å². The molecule has 3 rings (SSSR count). The number of aryl methyl sites for hydroxylation is 1. The van der Waals surface area contributed by atoms with Crippen LogP contribution in [0.1, 0.15) is 30.4 Å². The minimum atomic E-state index is 0.239. The van der Waals surface area contributed by atoms with E-state index in [0.29, 0.717) is 25.1 Å². The Balaban J connectivity index is 1.57. The minimum absolute atomic E-state index is 0.239. The van der Waals surface area contributed by atoms with Gasteiger partial charge in [-0.05, 0) is 25.0 Å². The fourth-order valence-electron chi connectivity index (χ4n) is 3.16. The summed E-state index contributed by atoms with van der Waals surface area (Å²) in [5.74, 6) is 0.239. The summed E-state index contributed by atoms with van der Waals surface area (Å²) < 4.78 is 1.79. The first-order chi connectivity index (χ1) is 12.2. The highest BCUT2D eigenvalue weighted by atomic mass is 16.2. The van der Waals surface area contributed by atoms with Crippen molar-refractivity contribution in [1.82, 2.24) is 20.0 Å². The van der Waals surface area contributed by atoms with E-state index in [1.165, 1.54) is 0 Å². The minimum Gasteiger partial charge on any atom is -0.343 e. The van der Waals surface area contributed by atoms with Crippen LogP contribution in [0.15, 0.2) is 30.5 Å². The molecule has 1 N–H and O–H groups in total. The fraction of sp³-hybridized carbons (Fsp3) is 0.421. The molecule has 1 fully saturated rings. The molecule has 1 aliphatic rings. The third kappa shape index (κ3) is 4.25. The largest absolute Gasteiger partial charge is 0.343 e. The molecule has 1 saturated heterocycles. The zero-order valence-corrected chi connectivity index (χ0v) is 14.5. The number of benzene rings is 1. The standard InChI is InChI=1S/C19H23N5O/c1-23-14-17(13-21-9-8-18(25)24-10-2-3-11-24)19(22-23)16-6-4-15(12-20)5-7-16/h4-7,14,21H,2-3,8-11,13H2,1H3. The normalized spacial score (nSPS) is 13.8. The van der Waals surface area contributed by atoms with E-state index in [4.69, 9.17) is 5.26 Å². The van der Waals surface area contributed by atoms with Crippen LogP contribution in [0.4, 0.5) is 0 Å². The van der Waals surface area contributed by atoms with Crippen molar-refractivity contribution in [2.75, 3.05) is 19.6 Å². The topological polar surface area (TPSA) is 74.0 Å². The predicted octanol–water partition coefficient (Wildman–Crippen LogP) is 2.06. The second kappa shape index (κ2) is 7.95. The van der Waals surface area contributed by atoms with Crippen LogP contribution in [0.5, 0.6) is 0 Å². The molecule has 0 bridgehead atoms. The molecule has 2 heterocycles. The molecule has 0 atom stereocenters. The Hall–Kier alpha value is -2.65. The highest BCUT2D eigenvalue weighted by Gasteiger charge is 2.17. The Kier molecular flexibility index (Phi) is 5.46. The average molecular weight is 337 g/mol. The number of carbonyl (C=O) groups excluding carboxylic acids is 1. The molecule has 0 radical (unpaired) electrons. The zero-order valence-electron chi connectivity index (χ0n) is 14.5. The summed E-state index contributed by atoms with van der Waals surface area (Å²) in [7, 11) is 1.90. The molecule has 130 valence electrons. The number of likely N-dealkylation sites (tertiary alicyclic amines) is 1. The first-order valence-electron chi connectivity index (χ1n) is 8.69. The molecule has 0 unspecified atom stereocenters. The average Bonchev–Trinajstić information content (AvgIpc) is 3.28. The monoisotopic (exact) mass is 337 g/mol. The maximum absolute atomic E-state index is 12.1. The number of carbonyl (C=O) groups is 1. The summed E-state index contributed by atoms with van der Waals surface area (Å²) in [6.07, 6.45) is 4.78. The van der Waals surface area contributed by atoms with Crippen molar-refractivity contribution in [1.29, 1.82) is 5.26 Å². The van der Waals surface area contributed by atoms with Crippen molar-refractivity contribution in [3.05, 3.63) is 41.6 Å². The van der Waals surface area contributed by atoms with Gasteiger partial charge in [0, 0.05) is 57.0 Å². The molecular weight excluding hydrogens is 314 g/mol. The Morgan fingerprint density at radius 2 is 2.00 bits per heavy atom. The van der Waals surface area contributed by atoms with Gasteiger partial charge in [-0.25, -0.2) is 0 Å². The van der Waals surface area contributed by atoms with E-state index in [-0.39, 0.29) is 5.91 Å². The van der Waals surface area contributed by atoms with Gasteiger partial charge in [0.1, 0.15) is 0 Å². The quantitative estimate of drug-likeness (QED) is 0.819. The number of rotatable bonds is 6. The molecular formula is C19H23N5O. The van der Waals surface area contributed by atoms with E-state index in [2.05, 4.69) is 16.5 Å². The van der Waals surface area contributed by atoms with Crippen molar-refractivity contribution >= 4 is 5.91 Å². The molecule has 1 amide bonds. The number of hydrogen-bond acceptors (Lipinski definition) is 4. The fourth-order valence-corrected chi connectivity index (χ4v) is 3.16. The molecule has 0 aliphatic carbocycles. The maximum Gasteiger partial charge on any atom is 0.223 e. The Labute approximate surface area is 148 Å². The van der Waals surface area contributed by atoms with E-state index < -0.39 is 0 Å². The molecule has 1 aliphatic heterocycles. The number of hydrogen-bond donors (Lipinski definition) is 1. The number of nitriles is 1. The van der Waals surface area contributed by atoms with Gasteiger partial charge < -0.3 is 10.2 Å². The lowest BCUT2D eigenvalue weighted by Gasteiger charge is -2.15. The van der Waals surface area contributed by atoms with Crippen molar-refractivity contribution in [2.24, 2.45) is 7.05 Å². The van der Waals surface area contributed by atoms with Gasteiger partial charge in [-0.2, -0.15) is 10.4 Å². The van der Waals surface area contributed by atoms with Crippen molar-refractivity contribution in [3.8, 4) is 17.3 Å². The van der Waals surface area contributed by atoms with Crippen LogP contribution in [0.25, 0.3) is 11.3 Å². The Morgan fingerprint density at radius 1 is 1.28 bits per heavy atom. The molecule has 2 aromatic rings. The number of aromatic nitrogens is 2. The predicted molar refractivity (Wildman–Crippen MR) is 95.5 cm³/mol. The smallest absolute Gasteiger partial charge is 0.223 e. The van der Waals surface area contributed by atoms with Gasteiger partial charge in [0.2, 0.25) is 5.91 Å². The van der Waals surface area contributed by atoms with Gasteiger partial charge >= 0.3 is 0 Å². The van der Waals surface area contributed by atoms with E-state index in [1.54, 1.807) is 16.8 Å².